The largest absolute Gasteiger partial charge is 0.339 e. The zero-order chi connectivity index (χ0) is 13.9. The Morgan fingerprint density at radius 3 is 2.37 bits per heavy atom. The summed E-state index contributed by atoms with van der Waals surface area (Å²) in [5.74, 6) is 0.275. The van der Waals surface area contributed by atoms with E-state index in [1.54, 1.807) is 18.3 Å². The second-order valence-electron chi connectivity index (χ2n) is 3.75. The van der Waals surface area contributed by atoms with Crippen molar-refractivity contribution in [2.45, 2.75) is 3.79 Å². The zero-order valence-corrected chi connectivity index (χ0v) is 11.8. The van der Waals surface area contributed by atoms with E-state index in [0.717, 1.165) is 11.3 Å². The van der Waals surface area contributed by atoms with Gasteiger partial charge in [0.05, 0.1) is 23.5 Å². The molecule has 0 aliphatic rings. The molecular formula is C13H8Cl3N3. The predicted molar refractivity (Wildman–Crippen MR) is 77.9 cm³/mol. The molecule has 0 aliphatic heterocycles. The standard InChI is InChI=1S/C13H8Cl3N3/c14-13(15,16)12-18-8-11(19-12)6-5-9-1-3-10(7-17)4-2-9/h1-6,8H,(H,18,19). The molecule has 0 amide bonds. The molecule has 0 unspecified atom stereocenters. The van der Waals surface area contributed by atoms with Gasteiger partial charge in [-0.3, -0.25) is 0 Å². The van der Waals surface area contributed by atoms with Gasteiger partial charge in [-0.1, -0.05) is 53.0 Å². The molecule has 0 bridgehead atoms. The van der Waals surface area contributed by atoms with E-state index >= 15 is 0 Å². The molecule has 1 aromatic heterocycles. The minimum Gasteiger partial charge on any atom is -0.339 e. The molecule has 0 saturated carbocycles. The molecule has 6 heteroatoms. The van der Waals surface area contributed by atoms with Crippen LogP contribution in [0.3, 0.4) is 0 Å². The van der Waals surface area contributed by atoms with Gasteiger partial charge in [0, 0.05) is 0 Å². The third-order valence-electron chi connectivity index (χ3n) is 2.36. The van der Waals surface area contributed by atoms with Crippen molar-refractivity contribution in [3.05, 3.63) is 53.1 Å². The average molecular weight is 313 g/mol. The molecule has 0 atom stereocenters. The quantitative estimate of drug-likeness (QED) is 0.842. The summed E-state index contributed by atoms with van der Waals surface area (Å²) < 4.78 is -1.56. The first-order valence-corrected chi connectivity index (χ1v) is 6.43. The second kappa shape index (κ2) is 5.66. The Morgan fingerprint density at radius 1 is 1.16 bits per heavy atom. The van der Waals surface area contributed by atoms with Gasteiger partial charge in [0.2, 0.25) is 3.79 Å². The Bertz CT molecular complexity index is 630. The average Bonchev–Trinajstić information content (AvgIpc) is 2.86. The number of hydrogen-bond acceptors (Lipinski definition) is 2. The summed E-state index contributed by atoms with van der Waals surface area (Å²) in [6, 6.07) is 9.26. The zero-order valence-electron chi connectivity index (χ0n) is 9.57. The maximum atomic E-state index is 8.70. The topological polar surface area (TPSA) is 52.5 Å². The maximum Gasteiger partial charge on any atom is 0.248 e. The van der Waals surface area contributed by atoms with Crippen molar-refractivity contribution in [1.82, 2.24) is 9.97 Å². The molecule has 19 heavy (non-hydrogen) atoms. The molecule has 1 N–H and O–H groups in total. The molecule has 0 radical (unpaired) electrons. The van der Waals surface area contributed by atoms with Crippen molar-refractivity contribution in [3.8, 4) is 6.07 Å². The van der Waals surface area contributed by atoms with E-state index in [0.29, 0.717) is 5.56 Å². The first-order valence-electron chi connectivity index (χ1n) is 5.29. The molecule has 96 valence electrons. The first-order chi connectivity index (χ1) is 8.99. The lowest BCUT2D eigenvalue weighted by Crippen LogP contribution is -2.02. The molecule has 0 aliphatic carbocycles. The number of benzene rings is 1. The van der Waals surface area contributed by atoms with Crippen LogP contribution < -0.4 is 0 Å². The summed E-state index contributed by atoms with van der Waals surface area (Å²) in [6.45, 7) is 0. The molecule has 0 fully saturated rings. The molecule has 0 saturated heterocycles. The third-order valence-corrected chi connectivity index (χ3v) is 2.90. The maximum absolute atomic E-state index is 8.70. The molecular weight excluding hydrogens is 305 g/mol. The molecule has 0 spiro atoms. The van der Waals surface area contributed by atoms with Crippen LogP contribution in [0.2, 0.25) is 0 Å². The van der Waals surface area contributed by atoms with Gasteiger partial charge in [0.15, 0.2) is 5.82 Å². The molecule has 1 heterocycles. The predicted octanol–water partition coefficient (Wildman–Crippen LogP) is 4.28. The van der Waals surface area contributed by atoms with Gasteiger partial charge in [-0.15, -0.1) is 0 Å². The lowest BCUT2D eigenvalue weighted by Gasteiger charge is -2.04. The fourth-order valence-electron chi connectivity index (χ4n) is 1.42. The van der Waals surface area contributed by atoms with Crippen LogP contribution in [0.4, 0.5) is 0 Å². The molecule has 1 aromatic carbocycles. The second-order valence-corrected chi connectivity index (χ2v) is 6.03. The number of H-pyrrole nitrogens is 1. The van der Waals surface area contributed by atoms with E-state index in [9.17, 15) is 0 Å². The molecule has 2 aromatic rings. The Kier molecular flexibility index (Phi) is 4.16. The Hall–Kier alpha value is -1.47. The van der Waals surface area contributed by atoms with Gasteiger partial charge in [-0.25, -0.2) is 4.98 Å². The first kappa shape index (κ1) is 14.0. The number of aromatic nitrogens is 2. The monoisotopic (exact) mass is 311 g/mol. The molecule has 2 rings (SSSR count). The van der Waals surface area contributed by atoms with Gasteiger partial charge in [-0.2, -0.15) is 5.26 Å². The highest BCUT2D eigenvalue weighted by Gasteiger charge is 2.26. The number of alkyl halides is 3. The number of aromatic amines is 1. The van der Waals surface area contributed by atoms with Crippen LogP contribution >= 0.6 is 34.8 Å². The smallest absolute Gasteiger partial charge is 0.248 e. The van der Waals surface area contributed by atoms with Crippen molar-refractivity contribution in [3.63, 3.8) is 0 Å². The Balaban J connectivity index is 2.14. The van der Waals surface area contributed by atoms with Gasteiger partial charge in [0.1, 0.15) is 0 Å². The highest BCUT2D eigenvalue weighted by molar-refractivity contribution is 6.66. The summed E-state index contributed by atoms with van der Waals surface area (Å²) >= 11 is 17.1. The number of nitrogens with one attached hydrogen (secondary N) is 1. The number of nitrogens with zero attached hydrogens (tertiary/aromatic N) is 2. The number of nitriles is 1. The minimum atomic E-state index is -1.56. The van der Waals surface area contributed by atoms with Crippen LogP contribution in [0.25, 0.3) is 12.2 Å². The fourth-order valence-corrected chi connectivity index (χ4v) is 1.71. The fraction of sp³-hybridized carbons (Fsp3) is 0.0769. The summed E-state index contributed by atoms with van der Waals surface area (Å²) in [5, 5.41) is 8.70. The van der Waals surface area contributed by atoms with E-state index in [4.69, 9.17) is 40.1 Å². The summed E-state index contributed by atoms with van der Waals surface area (Å²) in [6.07, 6.45) is 5.27. The lowest BCUT2D eigenvalue weighted by molar-refractivity contribution is 1.03. The van der Waals surface area contributed by atoms with Gasteiger partial charge in [0.25, 0.3) is 0 Å². The number of halogens is 3. The highest BCUT2D eigenvalue weighted by Crippen LogP contribution is 2.35. The van der Waals surface area contributed by atoms with Crippen molar-refractivity contribution >= 4 is 47.0 Å². The Labute approximate surface area is 125 Å². The molecule has 3 nitrogen and oxygen atoms in total. The number of hydrogen-bond donors (Lipinski definition) is 1. The van der Waals surface area contributed by atoms with E-state index in [-0.39, 0.29) is 5.82 Å². The van der Waals surface area contributed by atoms with Crippen molar-refractivity contribution in [1.29, 1.82) is 5.26 Å². The van der Waals surface area contributed by atoms with Crippen LogP contribution in [-0.2, 0) is 3.79 Å². The normalized spacial score (nSPS) is 11.7. The van der Waals surface area contributed by atoms with Gasteiger partial charge >= 0.3 is 0 Å². The van der Waals surface area contributed by atoms with Gasteiger partial charge < -0.3 is 4.98 Å². The third kappa shape index (κ3) is 3.74. The SMILES string of the molecule is N#Cc1ccc(C=Cc2cnc(C(Cl)(Cl)Cl)[nH]2)cc1. The highest BCUT2D eigenvalue weighted by atomic mass is 35.6. The van der Waals surface area contributed by atoms with Gasteiger partial charge in [-0.05, 0) is 23.8 Å². The van der Waals surface area contributed by atoms with E-state index in [1.807, 2.05) is 24.3 Å². The van der Waals surface area contributed by atoms with E-state index < -0.39 is 3.79 Å². The lowest BCUT2D eigenvalue weighted by atomic mass is 10.1. The Morgan fingerprint density at radius 2 is 1.84 bits per heavy atom. The number of imidazole rings is 1. The summed E-state index contributed by atoms with van der Waals surface area (Å²) in [7, 11) is 0. The van der Waals surface area contributed by atoms with Crippen LogP contribution in [0.15, 0.2) is 30.5 Å². The van der Waals surface area contributed by atoms with Crippen molar-refractivity contribution < 1.29 is 0 Å². The summed E-state index contributed by atoms with van der Waals surface area (Å²) in [4.78, 5) is 6.88. The van der Waals surface area contributed by atoms with E-state index in [2.05, 4.69) is 16.0 Å². The summed E-state index contributed by atoms with van der Waals surface area (Å²) in [5.41, 5.74) is 2.31. The van der Waals surface area contributed by atoms with Crippen molar-refractivity contribution in [2.24, 2.45) is 0 Å². The van der Waals surface area contributed by atoms with Crippen LogP contribution in [-0.4, -0.2) is 9.97 Å². The van der Waals surface area contributed by atoms with Crippen LogP contribution in [0.5, 0.6) is 0 Å². The number of rotatable bonds is 2. The van der Waals surface area contributed by atoms with Crippen LogP contribution in [0, 0.1) is 11.3 Å². The van der Waals surface area contributed by atoms with Crippen molar-refractivity contribution in [2.75, 3.05) is 0 Å². The van der Waals surface area contributed by atoms with E-state index in [1.165, 1.54) is 0 Å². The minimum absolute atomic E-state index is 0.275. The van der Waals surface area contributed by atoms with Crippen LogP contribution in [0.1, 0.15) is 22.6 Å².